The summed E-state index contributed by atoms with van der Waals surface area (Å²) in [6.45, 7) is 5.92. The Balaban J connectivity index is 1.33. The third-order valence-electron chi connectivity index (χ3n) is 10.8. The summed E-state index contributed by atoms with van der Waals surface area (Å²) in [6, 6.07) is 21.7. The van der Waals surface area contributed by atoms with Crippen molar-refractivity contribution in [3.63, 3.8) is 0 Å². The van der Waals surface area contributed by atoms with Gasteiger partial charge in [-0.05, 0) is 97.7 Å². The molecule has 1 heterocycles. The third-order valence-corrected chi connectivity index (χ3v) is 11.4. The fraction of sp³-hybridized carbons (Fsp3) is 0.304. The fourth-order valence-corrected chi connectivity index (χ4v) is 6.85. The molecule has 13 nitrogen and oxygen atoms in total. The molecular formula is C46H47Cl2N3O10. The molecule has 320 valence electrons. The van der Waals surface area contributed by atoms with E-state index in [1.165, 1.54) is 26.1 Å². The van der Waals surface area contributed by atoms with Crippen LogP contribution in [0.1, 0.15) is 64.8 Å². The number of halogens is 2. The number of pyridine rings is 1. The van der Waals surface area contributed by atoms with E-state index in [0.717, 1.165) is 33.4 Å². The number of nitrogens with one attached hydrogen (secondary N) is 1. The number of hydrogen-bond acceptors (Lipinski definition) is 11. The zero-order valence-corrected chi connectivity index (χ0v) is 35.6. The van der Waals surface area contributed by atoms with Crippen molar-refractivity contribution in [3.05, 3.63) is 134 Å². The molecule has 15 heteroatoms. The third kappa shape index (κ3) is 11.1. The number of aliphatic hydroxyl groups excluding tert-OH is 2. The van der Waals surface area contributed by atoms with E-state index in [4.69, 9.17) is 37.4 Å². The Morgan fingerprint density at radius 3 is 1.87 bits per heavy atom. The summed E-state index contributed by atoms with van der Waals surface area (Å²) < 4.78 is 18.5. The van der Waals surface area contributed by atoms with Gasteiger partial charge in [0.25, 0.3) is 0 Å². The predicted octanol–water partition coefficient (Wildman–Crippen LogP) is 7.93. The Bertz CT molecular complexity index is 2460. The summed E-state index contributed by atoms with van der Waals surface area (Å²) in [5, 5.41) is 61.9. The van der Waals surface area contributed by atoms with Crippen LogP contribution in [0.25, 0.3) is 11.1 Å². The number of nitriles is 1. The number of phenolic OH excluding ortho intramolecular Hbond substituents is 1. The lowest BCUT2D eigenvalue weighted by Gasteiger charge is -2.25. The van der Waals surface area contributed by atoms with Crippen molar-refractivity contribution in [3.8, 4) is 40.2 Å². The second-order valence-electron chi connectivity index (χ2n) is 15.2. The van der Waals surface area contributed by atoms with Gasteiger partial charge < -0.3 is 39.7 Å². The van der Waals surface area contributed by atoms with Crippen molar-refractivity contribution < 1.29 is 49.3 Å². The molecule has 4 aromatic carbocycles. The average molecular weight is 873 g/mol. The summed E-state index contributed by atoms with van der Waals surface area (Å²) in [6.07, 6.45) is 3.30. The number of carbonyl (C=O) groups is 2. The van der Waals surface area contributed by atoms with E-state index in [1.807, 2.05) is 50.2 Å². The van der Waals surface area contributed by atoms with E-state index >= 15 is 0 Å². The normalized spacial score (nSPS) is 13.1. The predicted molar refractivity (Wildman–Crippen MR) is 229 cm³/mol. The zero-order valence-electron chi connectivity index (χ0n) is 34.1. The molecule has 0 spiro atoms. The standard InChI is InChI=1S/C46H47Cl2N3O10/c1-27-32(23-60-41-16-39(54)31(14-37(41)47)11-12-45(3,25-52)43(55)56)7-5-9-35(27)36-10-6-8-33(28(36)2)24-61-42-17-40(59-22-30-13-29(18-49)19-50-20-30)34(15-38(42)48)21-51-46(4,26-53)44(57)58/h5-10,13-17,19-20,51-54H,11-12,21-26H2,1-4H3,(H,55,56)(H,57,58)/t45-,46-/m0/s1. The molecule has 2 atom stereocenters. The largest absolute Gasteiger partial charge is 0.508 e. The maximum absolute atomic E-state index is 11.9. The maximum atomic E-state index is 11.9. The Labute approximate surface area is 363 Å². The fourth-order valence-electron chi connectivity index (χ4n) is 6.37. The molecule has 5 aromatic rings. The first-order valence-corrected chi connectivity index (χ1v) is 19.9. The Morgan fingerprint density at radius 2 is 1.33 bits per heavy atom. The van der Waals surface area contributed by atoms with Crippen LogP contribution >= 0.6 is 23.2 Å². The Morgan fingerprint density at radius 1 is 0.754 bits per heavy atom. The summed E-state index contributed by atoms with van der Waals surface area (Å²) in [4.78, 5) is 27.5. The van der Waals surface area contributed by atoms with Gasteiger partial charge >= 0.3 is 11.9 Å². The quantitative estimate of drug-likeness (QED) is 0.0439. The SMILES string of the molecule is Cc1c(COc2cc(O)c(CC[C@@](C)(CO)C(=O)O)cc2Cl)cccc1-c1cccc(COc2cc(OCc3cncc(C#N)c3)c(CN[C@@](C)(CO)C(=O)O)cc2Cl)c1C. The Kier molecular flexibility index (Phi) is 15.2. The number of benzene rings is 4. The summed E-state index contributed by atoms with van der Waals surface area (Å²) in [7, 11) is 0. The number of carboxylic acid groups (broad SMARTS) is 2. The monoisotopic (exact) mass is 871 g/mol. The number of aliphatic carboxylic acids is 2. The smallest absolute Gasteiger partial charge is 0.326 e. The number of rotatable bonds is 20. The molecule has 0 saturated heterocycles. The van der Waals surface area contributed by atoms with Crippen LogP contribution in [0.5, 0.6) is 23.0 Å². The molecule has 0 amide bonds. The minimum absolute atomic E-state index is 0.0105. The molecule has 61 heavy (non-hydrogen) atoms. The average Bonchev–Trinajstić information content (AvgIpc) is 3.25. The first-order chi connectivity index (χ1) is 29.0. The minimum Gasteiger partial charge on any atom is -0.508 e. The number of aliphatic hydroxyl groups is 2. The molecule has 5 rings (SSSR count). The highest BCUT2D eigenvalue weighted by Gasteiger charge is 2.33. The second kappa shape index (κ2) is 20.1. The van der Waals surface area contributed by atoms with Crippen molar-refractivity contribution in [2.75, 3.05) is 13.2 Å². The van der Waals surface area contributed by atoms with E-state index < -0.39 is 36.1 Å². The van der Waals surface area contributed by atoms with Crippen molar-refractivity contribution in [2.45, 2.75) is 72.4 Å². The summed E-state index contributed by atoms with van der Waals surface area (Å²) in [5.41, 5.74) is 4.58. The Hall–Kier alpha value is -5.88. The van der Waals surface area contributed by atoms with Crippen LogP contribution < -0.4 is 19.5 Å². The van der Waals surface area contributed by atoms with Crippen molar-refractivity contribution in [1.29, 1.82) is 5.26 Å². The van der Waals surface area contributed by atoms with E-state index in [1.54, 1.807) is 30.5 Å². The van der Waals surface area contributed by atoms with Gasteiger partial charge in [-0.3, -0.25) is 19.9 Å². The van der Waals surface area contributed by atoms with Gasteiger partial charge in [0.05, 0.1) is 34.2 Å². The molecule has 0 aliphatic heterocycles. The van der Waals surface area contributed by atoms with Gasteiger partial charge in [-0.1, -0.05) is 59.6 Å². The molecular weight excluding hydrogens is 825 g/mol. The second-order valence-corrected chi connectivity index (χ2v) is 16.0. The van der Waals surface area contributed by atoms with Crippen LogP contribution in [0.15, 0.2) is 79.1 Å². The number of hydrogen-bond donors (Lipinski definition) is 6. The molecule has 0 unspecified atom stereocenters. The number of carboxylic acids is 2. The van der Waals surface area contributed by atoms with Crippen LogP contribution in [0.3, 0.4) is 0 Å². The van der Waals surface area contributed by atoms with Crippen LogP contribution in [-0.4, -0.2) is 61.2 Å². The number of aromatic nitrogens is 1. The number of nitrogens with zero attached hydrogens (tertiary/aromatic N) is 2. The lowest BCUT2D eigenvalue weighted by Crippen LogP contribution is -2.52. The van der Waals surface area contributed by atoms with Crippen molar-refractivity contribution in [1.82, 2.24) is 10.3 Å². The first-order valence-electron chi connectivity index (χ1n) is 19.2. The molecule has 0 fully saturated rings. The zero-order chi connectivity index (χ0) is 44.5. The molecule has 0 aliphatic carbocycles. The van der Waals surface area contributed by atoms with Gasteiger partial charge in [0.1, 0.15) is 54.4 Å². The lowest BCUT2D eigenvalue weighted by atomic mass is 9.85. The lowest BCUT2D eigenvalue weighted by molar-refractivity contribution is -0.150. The summed E-state index contributed by atoms with van der Waals surface area (Å²) in [5.74, 6) is -1.54. The molecule has 0 radical (unpaired) electrons. The molecule has 0 saturated carbocycles. The van der Waals surface area contributed by atoms with Crippen LogP contribution in [-0.2, 0) is 42.4 Å². The van der Waals surface area contributed by atoms with Crippen LogP contribution in [0.2, 0.25) is 10.0 Å². The van der Waals surface area contributed by atoms with Gasteiger partial charge in [-0.25, -0.2) is 0 Å². The van der Waals surface area contributed by atoms with Crippen LogP contribution in [0, 0.1) is 30.6 Å². The number of aromatic hydroxyl groups is 1. The highest BCUT2D eigenvalue weighted by atomic mass is 35.5. The highest BCUT2D eigenvalue weighted by Crippen LogP contribution is 2.38. The highest BCUT2D eigenvalue weighted by molar-refractivity contribution is 6.32. The number of aryl methyl sites for hydroxylation is 1. The molecule has 0 bridgehead atoms. The maximum Gasteiger partial charge on any atom is 0.326 e. The number of phenols is 1. The van der Waals surface area contributed by atoms with Gasteiger partial charge in [-0.15, -0.1) is 0 Å². The van der Waals surface area contributed by atoms with Crippen molar-refractivity contribution in [2.24, 2.45) is 5.41 Å². The van der Waals surface area contributed by atoms with Crippen LogP contribution in [0.4, 0.5) is 0 Å². The molecule has 6 N–H and O–H groups in total. The van der Waals surface area contributed by atoms with E-state index in [2.05, 4.69) is 16.4 Å². The van der Waals surface area contributed by atoms with Crippen molar-refractivity contribution >= 4 is 35.1 Å². The van der Waals surface area contributed by atoms with Gasteiger partial charge in [0.15, 0.2) is 0 Å². The molecule has 1 aromatic heterocycles. The van der Waals surface area contributed by atoms with E-state index in [0.29, 0.717) is 33.8 Å². The minimum atomic E-state index is -1.63. The first kappa shape index (κ1) is 46.2. The van der Waals surface area contributed by atoms with Gasteiger partial charge in [0.2, 0.25) is 0 Å². The molecule has 0 aliphatic rings. The van der Waals surface area contributed by atoms with E-state index in [9.17, 15) is 40.4 Å². The topological polar surface area (TPSA) is 212 Å². The van der Waals surface area contributed by atoms with E-state index in [-0.39, 0.29) is 60.8 Å². The number of ether oxygens (including phenoxy) is 3. The summed E-state index contributed by atoms with van der Waals surface area (Å²) >= 11 is 13.3. The van der Waals surface area contributed by atoms with Gasteiger partial charge in [0, 0.05) is 42.2 Å². The van der Waals surface area contributed by atoms with Gasteiger partial charge in [-0.2, -0.15) is 5.26 Å².